The lowest BCUT2D eigenvalue weighted by atomic mass is 10.1. The molecule has 0 heterocycles. The summed E-state index contributed by atoms with van der Waals surface area (Å²) in [7, 11) is -1.18. The van der Waals surface area contributed by atoms with Crippen LogP contribution in [0.3, 0.4) is 0 Å². The van der Waals surface area contributed by atoms with Crippen molar-refractivity contribution in [1.29, 1.82) is 0 Å². The molecule has 8 heteroatoms. The van der Waals surface area contributed by atoms with Crippen molar-refractivity contribution in [3.8, 4) is 11.5 Å². The summed E-state index contributed by atoms with van der Waals surface area (Å²) in [6.45, 7) is 5.67. The Balaban J connectivity index is 1.97. The Labute approximate surface area is 201 Å². The molecule has 0 saturated carbocycles. The number of hydrogen-bond donors (Lipinski definition) is 1. The lowest BCUT2D eigenvalue weighted by Crippen LogP contribution is -2.40. The number of amides is 1. The standard InChI is InChI=1S/C26H30N2O5S/c1-18-12-19(2)14-22(13-18)28(17-26(29)27-16-21-9-7-6-8-20(21)3)34(30,31)23-10-11-24(32-4)25(15-23)33-5/h6-15H,16-17H2,1-5H3,(H,27,29). The van der Waals surface area contributed by atoms with Crippen molar-refractivity contribution in [1.82, 2.24) is 5.32 Å². The highest BCUT2D eigenvalue weighted by atomic mass is 32.2. The second kappa shape index (κ2) is 10.6. The molecule has 0 spiro atoms. The average Bonchev–Trinajstić information content (AvgIpc) is 2.80. The number of hydrogen-bond acceptors (Lipinski definition) is 5. The molecule has 0 aromatic heterocycles. The third-order valence-corrected chi connectivity index (χ3v) is 7.23. The average molecular weight is 483 g/mol. The van der Waals surface area contributed by atoms with Crippen LogP contribution in [0.4, 0.5) is 5.69 Å². The number of benzene rings is 3. The van der Waals surface area contributed by atoms with E-state index < -0.39 is 15.9 Å². The van der Waals surface area contributed by atoms with Crippen molar-refractivity contribution in [2.24, 2.45) is 0 Å². The van der Waals surface area contributed by atoms with Gasteiger partial charge in [-0.3, -0.25) is 9.10 Å². The van der Waals surface area contributed by atoms with E-state index in [4.69, 9.17) is 9.47 Å². The third kappa shape index (κ3) is 5.69. The summed E-state index contributed by atoms with van der Waals surface area (Å²) < 4.78 is 39.1. The van der Waals surface area contributed by atoms with Gasteiger partial charge >= 0.3 is 0 Å². The van der Waals surface area contributed by atoms with Crippen molar-refractivity contribution < 1.29 is 22.7 Å². The number of carbonyl (C=O) groups excluding carboxylic acids is 1. The van der Waals surface area contributed by atoms with E-state index in [1.807, 2.05) is 51.1 Å². The van der Waals surface area contributed by atoms with E-state index in [9.17, 15) is 13.2 Å². The van der Waals surface area contributed by atoms with E-state index in [0.29, 0.717) is 18.0 Å². The summed E-state index contributed by atoms with van der Waals surface area (Å²) in [6.07, 6.45) is 0. The second-order valence-corrected chi connectivity index (χ2v) is 9.94. The molecule has 34 heavy (non-hydrogen) atoms. The molecule has 0 aliphatic carbocycles. The SMILES string of the molecule is COc1ccc(S(=O)(=O)N(CC(=O)NCc2ccccc2C)c2cc(C)cc(C)c2)cc1OC. The van der Waals surface area contributed by atoms with Crippen LogP contribution in [0, 0.1) is 20.8 Å². The van der Waals surface area contributed by atoms with E-state index in [-0.39, 0.29) is 17.2 Å². The van der Waals surface area contributed by atoms with Crippen molar-refractivity contribution >= 4 is 21.6 Å². The zero-order valence-electron chi connectivity index (χ0n) is 20.1. The van der Waals surface area contributed by atoms with Gasteiger partial charge in [0.2, 0.25) is 5.91 Å². The molecule has 3 aromatic carbocycles. The first-order chi connectivity index (χ1) is 16.1. The van der Waals surface area contributed by atoms with Gasteiger partial charge in [-0.2, -0.15) is 0 Å². The van der Waals surface area contributed by atoms with Crippen LogP contribution in [-0.4, -0.2) is 35.1 Å². The molecule has 0 unspecified atom stereocenters. The molecular formula is C26H30N2O5S. The highest BCUT2D eigenvalue weighted by molar-refractivity contribution is 7.92. The van der Waals surface area contributed by atoms with E-state index in [2.05, 4.69) is 5.32 Å². The van der Waals surface area contributed by atoms with Gasteiger partial charge in [-0.15, -0.1) is 0 Å². The first-order valence-electron chi connectivity index (χ1n) is 10.8. The first kappa shape index (κ1) is 25.1. The number of rotatable bonds is 9. The minimum atomic E-state index is -4.09. The molecule has 1 amide bonds. The summed E-state index contributed by atoms with van der Waals surface area (Å²) >= 11 is 0. The Hall–Kier alpha value is -3.52. The highest BCUT2D eigenvalue weighted by Crippen LogP contribution is 2.32. The number of ether oxygens (including phenoxy) is 2. The smallest absolute Gasteiger partial charge is 0.264 e. The van der Waals surface area contributed by atoms with Gasteiger partial charge < -0.3 is 14.8 Å². The number of nitrogens with one attached hydrogen (secondary N) is 1. The van der Waals surface area contributed by atoms with Crippen LogP contribution in [0.1, 0.15) is 22.3 Å². The molecular weight excluding hydrogens is 452 g/mol. The highest BCUT2D eigenvalue weighted by Gasteiger charge is 2.28. The van der Waals surface area contributed by atoms with Crippen LogP contribution >= 0.6 is 0 Å². The number of methoxy groups -OCH3 is 2. The molecule has 3 rings (SSSR count). The zero-order valence-corrected chi connectivity index (χ0v) is 20.9. The maximum atomic E-state index is 13.7. The van der Waals surface area contributed by atoms with Crippen molar-refractivity contribution in [3.05, 3.63) is 82.9 Å². The number of aryl methyl sites for hydroxylation is 3. The quantitative estimate of drug-likeness (QED) is 0.496. The Bertz CT molecular complexity index is 1270. The predicted octanol–water partition coefficient (Wildman–Crippen LogP) is 4.14. The topological polar surface area (TPSA) is 84.9 Å². The van der Waals surface area contributed by atoms with Gasteiger partial charge in [0.1, 0.15) is 6.54 Å². The molecule has 7 nitrogen and oxygen atoms in total. The minimum Gasteiger partial charge on any atom is -0.493 e. The summed E-state index contributed by atoms with van der Waals surface area (Å²) in [5.74, 6) is 0.287. The lowest BCUT2D eigenvalue weighted by Gasteiger charge is -2.25. The van der Waals surface area contributed by atoms with Crippen LogP contribution in [-0.2, 0) is 21.4 Å². The van der Waals surface area contributed by atoms with Crippen LogP contribution in [0.2, 0.25) is 0 Å². The fourth-order valence-corrected chi connectivity index (χ4v) is 5.12. The zero-order chi connectivity index (χ0) is 24.9. The number of anilines is 1. The molecule has 0 saturated heterocycles. The van der Waals surface area contributed by atoms with Crippen LogP contribution in [0.25, 0.3) is 0 Å². The number of carbonyl (C=O) groups is 1. The summed E-state index contributed by atoms with van der Waals surface area (Å²) in [5.41, 5.74) is 4.22. The predicted molar refractivity (Wildman–Crippen MR) is 133 cm³/mol. The van der Waals surface area contributed by atoms with Gasteiger partial charge in [-0.25, -0.2) is 8.42 Å². The molecule has 0 atom stereocenters. The van der Waals surface area contributed by atoms with E-state index in [1.165, 1.54) is 32.4 Å². The largest absolute Gasteiger partial charge is 0.493 e. The van der Waals surface area contributed by atoms with E-state index >= 15 is 0 Å². The Morgan fingerprint density at radius 1 is 0.882 bits per heavy atom. The molecule has 3 aromatic rings. The molecule has 0 aliphatic heterocycles. The van der Waals surface area contributed by atoms with Crippen molar-refractivity contribution in [2.75, 3.05) is 25.1 Å². The van der Waals surface area contributed by atoms with Crippen molar-refractivity contribution in [3.63, 3.8) is 0 Å². The van der Waals surface area contributed by atoms with Crippen LogP contribution in [0.15, 0.2) is 65.6 Å². The van der Waals surface area contributed by atoms with Gasteiger partial charge in [-0.05, 0) is 67.3 Å². The molecule has 0 bridgehead atoms. The lowest BCUT2D eigenvalue weighted by molar-refractivity contribution is -0.119. The maximum absolute atomic E-state index is 13.7. The van der Waals surface area contributed by atoms with Gasteiger partial charge in [0.15, 0.2) is 11.5 Å². The van der Waals surface area contributed by atoms with Gasteiger partial charge in [-0.1, -0.05) is 30.3 Å². The second-order valence-electron chi connectivity index (χ2n) is 8.08. The van der Waals surface area contributed by atoms with Crippen molar-refractivity contribution in [2.45, 2.75) is 32.2 Å². The molecule has 0 radical (unpaired) electrons. The van der Waals surface area contributed by atoms with Gasteiger partial charge in [0.25, 0.3) is 10.0 Å². The fourth-order valence-electron chi connectivity index (χ4n) is 3.70. The first-order valence-corrected chi connectivity index (χ1v) is 12.2. The Kier molecular flexibility index (Phi) is 7.83. The Morgan fingerprint density at radius 3 is 2.15 bits per heavy atom. The monoisotopic (exact) mass is 482 g/mol. The summed E-state index contributed by atoms with van der Waals surface area (Å²) in [4.78, 5) is 12.9. The van der Waals surface area contributed by atoms with Crippen LogP contribution in [0.5, 0.6) is 11.5 Å². The van der Waals surface area contributed by atoms with E-state index in [0.717, 1.165) is 26.6 Å². The van der Waals surface area contributed by atoms with Gasteiger partial charge in [0, 0.05) is 12.6 Å². The molecule has 0 aliphatic rings. The van der Waals surface area contributed by atoms with Gasteiger partial charge in [0.05, 0.1) is 24.8 Å². The molecule has 180 valence electrons. The normalized spacial score (nSPS) is 11.1. The number of nitrogens with zero attached hydrogens (tertiary/aromatic N) is 1. The maximum Gasteiger partial charge on any atom is 0.264 e. The van der Waals surface area contributed by atoms with Crippen LogP contribution < -0.4 is 19.1 Å². The molecule has 1 N–H and O–H groups in total. The minimum absolute atomic E-state index is 0.00369. The number of sulfonamides is 1. The fraction of sp³-hybridized carbons (Fsp3) is 0.269. The van der Waals surface area contributed by atoms with E-state index in [1.54, 1.807) is 12.1 Å². The Morgan fingerprint density at radius 2 is 1.53 bits per heavy atom. The summed E-state index contributed by atoms with van der Waals surface area (Å²) in [6, 6.07) is 17.5. The third-order valence-electron chi connectivity index (χ3n) is 5.46. The summed E-state index contributed by atoms with van der Waals surface area (Å²) in [5, 5.41) is 2.84. The molecule has 0 fully saturated rings.